The van der Waals surface area contributed by atoms with E-state index in [-0.39, 0.29) is 6.03 Å². The second kappa shape index (κ2) is 5.87. The molecule has 1 aromatic rings. The van der Waals surface area contributed by atoms with Crippen LogP contribution >= 0.6 is 0 Å². The van der Waals surface area contributed by atoms with E-state index in [1.165, 1.54) is 12.8 Å². The molecule has 1 saturated carbocycles. The largest absolute Gasteiger partial charge is 0.335 e. The molecule has 0 saturated heterocycles. The van der Waals surface area contributed by atoms with Gasteiger partial charge in [0.05, 0.1) is 0 Å². The highest BCUT2D eigenvalue weighted by Gasteiger charge is 2.19. The lowest BCUT2D eigenvalue weighted by Crippen LogP contribution is -2.42. The molecule has 1 aromatic carbocycles. The molecule has 1 aliphatic rings. The molecule has 4 heteroatoms. The van der Waals surface area contributed by atoms with E-state index >= 15 is 0 Å². The minimum absolute atomic E-state index is 0.0256. The molecule has 18 heavy (non-hydrogen) atoms. The van der Waals surface area contributed by atoms with Crippen LogP contribution in [-0.2, 0) is 6.54 Å². The molecule has 0 radical (unpaired) electrons. The Morgan fingerprint density at radius 1 is 1.33 bits per heavy atom. The van der Waals surface area contributed by atoms with Crippen molar-refractivity contribution in [1.82, 2.24) is 5.32 Å². The van der Waals surface area contributed by atoms with Crippen molar-refractivity contribution in [1.29, 1.82) is 0 Å². The zero-order valence-corrected chi connectivity index (χ0v) is 10.9. The first-order valence-corrected chi connectivity index (χ1v) is 6.54. The van der Waals surface area contributed by atoms with Gasteiger partial charge in [-0.2, -0.15) is 0 Å². The van der Waals surface area contributed by atoms with Gasteiger partial charge in [-0.3, -0.25) is 4.90 Å². The third kappa shape index (κ3) is 3.01. The fourth-order valence-electron chi connectivity index (χ4n) is 2.31. The van der Waals surface area contributed by atoms with Crippen molar-refractivity contribution in [2.24, 2.45) is 5.73 Å². The molecule has 4 nitrogen and oxygen atoms in total. The number of amides is 2. The van der Waals surface area contributed by atoms with Crippen LogP contribution in [0.2, 0.25) is 0 Å². The first kappa shape index (κ1) is 12.9. The van der Waals surface area contributed by atoms with Crippen molar-refractivity contribution in [2.45, 2.75) is 38.3 Å². The Hall–Kier alpha value is -1.55. The monoisotopic (exact) mass is 247 g/mol. The van der Waals surface area contributed by atoms with Crippen molar-refractivity contribution < 1.29 is 4.79 Å². The number of urea groups is 1. The second-order valence-corrected chi connectivity index (χ2v) is 4.86. The molecule has 3 N–H and O–H groups in total. The average molecular weight is 247 g/mol. The number of carbonyl (C=O) groups excluding carboxylic acids is 1. The van der Waals surface area contributed by atoms with Gasteiger partial charge in [0.1, 0.15) is 0 Å². The Kier molecular flexibility index (Phi) is 4.20. The molecular formula is C14H21N3O. The van der Waals surface area contributed by atoms with Crippen LogP contribution in [-0.4, -0.2) is 19.1 Å². The maximum Gasteiger partial charge on any atom is 0.321 e. The van der Waals surface area contributed by atoms with Crippen molar-refractivity contribution in [3.8, 4) is 0 Å². The molecule has 1 fully saturated rings. The number of carbonyl (C=O) groups is 1. The maximum atomic E-state index is 12.0. The van der Waals surface area contributed by atoms with Gasteiger partial charge in [-0.1, -0.05) is 25.0 Å². The zero-order chi connectivity index (χ0) is 13.0. The fraction of sp³-hybridized carbons (Fsp3) is 0.500. The van der Waals surface area contributed by atoms with Crippen LogP contribution in [0, 0.1) is 0 Å². The van der Waals surface area contributed by atoms with Gasteiger partial charge in [0.25, 0.3) is 0 Å². The van der Waals surface area contributed by atoms with Gasteiger partial charge in [0, 0.05) is 25.3 Å². The van der Waals surface area contributed by atoms with E-state index in [2.05, 4.69) is 5.32 Å². The summed E-state index contributed by atoms with van der Waals surface area (Å²) in [4.78, 5) is 13.7. The number of rotatable bonds is 3. The predicted octanol–water partition coefficient (Wildman–Crippen LogP) is 2.23. The third-order valence-corrected chi connectivity index (χ3v) is 3.55. The lowest BCUT2D eigenvalue weighted by molar-refractivity contribution is 0.244. The summed E-state index contributed by atoms with van der Waals surface area (Å²) in [7, 11) is 1.79. The molecule has 98 valence electrons. The highest BCUT2D eigenvalue weighted by atomic mass is 16.2. The molecule has 0 bridgehead atoms. The van der Waals surface area contributed by atoms with Gasteiger partial charge < -0.3 is 11.1 Å². The summed E-state index contributed by atoms with van der Waals surface area (Å²) in [6, 6.07) is 8.08. The number of hydrogen-bond acceptors (Lipinski definition) is 2. The van der Waals surface area contributed by atoms with E-state index in [1.54, 1.807) is 11.9 Å². The molecule has 0 aliphatic heterocycles. The molecule has 1 aliphatic carbocycles. The number of anilines is 1. The van der Waals surface area contributed by atoms with Gasteiger partial charge in [-0.15, -0.1) is 0 Å². The van der Waals surface area contributed by atoms with E-state index in [0.717, 1.165) is 24.1 Å². The standard InChI is InChI=1S/C14H21N3O/c1-17(13-8-6-11(10-15)7-9-13)14(18)16-12-4-2-3-5-12/h6-9,12H,2-5,10,15H2,1H3,(H,16,18). The summed E-state index contributed by atoms with van der Waals surface area (Å²) in [5.41, 5.74) is 7.52. The minimum Gasteiger partial charge on any atom is -0.335 e. The summed E-state index contributed by atoms with van der Waals surface area (Å²) in [5.74, 6) is 0. The van der Waals surface area contributed by atoms with E-state index in [0.29, 0.717) is 12.6 Å². The van der Waals surface area contributed by atoms with E-state index in [9.17, 15) is 4.79 Å². The number of nitrogens with one attached hydrogen (secondary N) is 1. The Bertz CT molecular complexity index is 396. The van der Waals surface area contributed by atoms with Crippen LogP contribution in [0.25, 0.3) is 0 Å². The summed E-state index contributed by atoms with van der Waals surface area (Å²) in [5, 5.41) is 3.07. The summed E-state index contributed by atoms with van der Waals surface area (Å²) < 4.78 is 0. The number of nitrogens with two attached hydrogens (primary N) is 1. The number of hydrogen-bond donors (Lipinski definition) is 2. The van der Waals surface area contributed by atoms with E-state index in [4.69, 9.17) is 5.73 Å². The van der Waals surface area contributed by atoms with Gasteiger partial charge in [-0.05, 0) is 30.5 Å². The first-order chi connectivity index (χ1) is 8.70. The molecule has 0 atom stereocenters. The van der Waals surface area contributed by atoms with Crippen LogP contribution in [0.15, 0.2) is 24.3 Å². The van der Waals surface area contributed by atoms with Crippen molar-refractivity contribution in [3.05, 3.63) is 29.8 Å². The van der Waals surface area contributed by atoms with Crippen LogP contribution in [0.5, 0.6) is 0 Å². The average Bonchev–Trinajstić information content (AvgIpc) is 2.91. The highest BCUT2D eigenvalue weighted by Crippen LogP contribution is 2.19. The fourth-order valence-corrected chi connectivity index (χ4v) is 2.31. The van der Waals surface area contributed by atoms with Gasteiger partial charge in [0.15, 0.2) is 0 Å². The normalized spacial score (nSPS) is 15.7. The highest BCUT2D eigenvalue weighted by molar-refractivity contribution is 5.91. The predicted molar refractivity (Wildman–Crippen MR) is 73.5 cm³/mol. The van der Waals surface area contributed by atoms with Crippen LogP contribution in [0.4, 0.5) is 10.5 Å². The lowest BCUT2D eigenvalue weighted by atomic mass is 10.2. The SMILES string of the molecule is CN(C(=O)NC1CCCC1)c1ccc(CN)cc1. The van der Waals surface area contributed by atoms with Crippen LogP contribution < -0.4 is 16.0 Å². The summed E-state index contributed by atoms with van der Waals surface area (Å²) in [6.07, 6.45) is 4.65. The Morgan fingerprint density at radius 2 is 1.94 bits per heavy atom. The molecule has 0 aromatic heterocycles. The topological polar surface area (TPSA) is 58.4 Å². The summed E-state index contributed by atoms with van der Waals surface area (Å²) in [6.45, 7) is 0.526. The summed E-state index contributed by atoms with van der Waals surface area (Å²) >= 11 is 0. The first-order valence-electron chi connectivity index (χ1n) is 6.54. The maximum absolute atomic E-state index is 12.0. The van der Waals surface area contributed by atoms with E-state index in [1.807, 2.05) is 24.3 Å². The van der Waals surface area contributed by atoms with Crippen molar-refractivity contribution >= 4 is 11.7 Å². The molecule has 0 unspecified atom stereocenters. The quantitative estimate of drug-likeness (QED) is 0.860. The van der Waals surface area contributed by atoms with Crippen LogP contribution in [0.1, 0.15) is 31.2 Å². The molecule has 0 heterocycles. The molecular weight excluding hydrogens is 226 g/mol. The molecule has 2 rings (SSSR count). The van der Waals surface area contributed by atoms with E-state index < -0.39 is 0 Å². The zero-order valence-electron chi connectivity index (χ0n) is 10.9. The third-order valence-electron chi connectivity index (χ3n) is 3.55. The molecule has 0 spiro atoms. The van der Waals surface area contributed by atoms with Gasteiger partial charge >= 0.3 is 6.03 Å². The minimum atomic E-state index is -0.0256. The lowest BCUT2D eigenvalue weighted by Gasteiger charge is -2.21. The van der Waals surface area contributed by atoms with Crippen LogP contribution in [0.3, 0.4) is 0 Å². The Labute approximate surface area is 108 Å². The number of nitrogens with zero attached hydrogens (tertiary/aromatic N) is 1. The van der Waals surface area contributed by atoms with Crippen molar-refractivity contribution in [2.75, 3.05) is 11.9 Å². The number of benzene rings is 1. The smallest absolute Gasteiger partial charge is 0.321 e. The van der Waals surface area contributed by atoms with Gasteiger partial charge in [-0.25, -0.2) is 4.79 Å². The Balaban J connectivity index is 1.95. The second-order valence-electron chi connectivity index (χ2n) is 4.86. The molecule has 2 amide bonds. The van der Waals surface area contributed by atoms with Gasteiger partial charge in [0.2, 0.25) is 0 Å². The Morgan fingerprint density at radius 3 is 2.50 bits per heavy atom. The van der Waals surface area contributed by atoms with Crippen molar-refractivity contribution in [3.63, 3.8) is 0 Å².